The molecular weight excluding hydrogens is 265 g/mol. The summed E-state index contributed by atoms with van der Waals surface area (Å²) in [6.07, 6.45) is -3.02. The lowest BCUT2D eigenvalue weighted by molar-refractivity contribution is -0.141. The van der Waals surface area contributed by atoms with Gasteiger partial charge in [-0.3, -0.25) is 4.68 Å². The molecule has 96 valence electrons. The zero-order valence-electron chi connectivity index (χ0n) is 9.54. The van der Waals surface area contributed by atoms with Crippen LogP contribution in [0.2, 0.25) is 0 Å². The van der Waals surface area contributed by atoms with Crippen molar-refractivity contribution in [1.29, 1.82) is 0 Å². The zero-order valence-corrected chi connectivity index (χ0v) is 10.4. The Kier molecular flexibility index (Phi) is 2.97. The number of rotatable bonds is 1. The largest absolute Gasteiger partial charge is 0.431 e. The van der Waals surface area contributed by atoms with Crippen LogP contribution in [-0.2, 0) is 13.2 Å². The highest BCUT2D eigenvalue weighted by Gasteiger charge is 2.32. The highest BCUT2D eigenvalue weighted by Crippen LogP contribution is 2.30. The van der Waals surface area contributed by atoms with E-state index in [1.807, 2.05) is 4.98 Å². The van der Waals surface area contributed by atoms with Crippen molar-refractivity contribution in [2.24, 2.45) is 7.05 Å². The molecule has 0 spiro atoms. The van der Waals surface area contributed by atoms with Gasteiger partial charge in [0, 0.05) is 18.3 Å². The van der Waals surface area contributed by atoms with Crippen molar-refractivity contribution in [3.05, 3.63) is 28.4 Å². The molecule has 0 unspecified atom stereocenters. The highest BCUT2D eigenvalue weighted by molar-refractivity contribution is 7.71. The molecular formula is C10H9F3N4S. The summed E-state index contributed by atoms with van der Waals surface area (Å²) in [6, 6.07) is 0.930. The van der Waals surface area contributed by atoms with E-state index in [0.29, 0.717) is 5.56 Å². The average Bonchev–Trinajstić information content (AvgIpc) is 2.58. The minimum Gasteiger partial charge on any atom is -0.327 e. The normalized spacial score (nSPS) is 11.8. The Labute approximate surface area is 105 Å². The van der Waals surface area contributed by atoms with Gasteiger partial charge in [-0.1, -0.05) is 0 Å². The molecule has 0 aliphatic heterocycles. The van der Waals surface area contributed by atoms with Gasteiger partial charge in [-0.05, 0) is 25.2 Å². The quantitative estimate of drug-likeness (QED) is 0.813. The van der Waals surface area contributed by atoms with Gasteiger partial charge in [0.1, 0.15) is 5.69 Å². The fraction of sp³-hybridized carbons (Fsp3) is 0.300. The lowest BCUT2D eigenvalue weighted by Gasteiger charge is -2.08. The van der Waals surface area contributed by atoms with Gasteiger partial charge in [0.25, 0.3) is 0 Å². The van der Waals surface area contributed by atoms with Crippen LogP contribution in [0.15, 0.2) is 12.3 Å². The molecule has 0 atom stereocenters. The lowest BCUT2D eigenvalue weighted by atomic mass is 10.1. The summed E-state index contributed by atoms with van der Waals surface area (Å²) in [4.78, 5) is 5.93. The molecule has 0 aromatic carbocycles. The summed E-state index contributed by atoms with van der Waals surface area (Å²) in [5, 5.41) is 3.97. The van der Waals surface area contributed by atoms with Crippen molar-refractivity contribution in [2.75, 3.05) is 0 Å². The first-order chi connectivity index (χ1) is 8.29. The number of nitrogens with zero attached hydrogens (tertiary/aromatic N) is 3. The van der Waals surface area contributed by atoms with E-state index >= 15 is 0 Å². The van der Waals surface area contributed by atoms with Gasteiger partial charge in [0.15, 0.2) is 4.77 Å². The van der Waals surface area contributed by atoms with Crippen LogP contribution >= 0.6 is 12.2 Å². The van der Waals surface area contributed by atoms with Gasteiger partial charge in [-0.2, -0.15) is 18.3 Å². The molecule has 0 radical (unpaired) electrons. The molecule has 2 aromatic heterocycles. The first-order valence-electron chi connectivity index (χ1n) is 4.96. The van der Waals surface area contributed by atoms with Crippen molar-refractivity contribution in [3.63, 3.8) is 0 Å². The van der Waals surface area contributed by atoms with E-state index in [2.05, 4.69) is 10.1 Å². The lowest BCUT2D eigenvalue weighted by Crippen LogP contribution is -2.09. The first kappa shape index (κ1) is 12.7. The summed E-state index contributed by atoms with van der Waals surface area (Å²) in [5.74, 6) is 0. The third-order valence-electron chi connectivity index (χ3n) is 2.56. The molecule has 0 saturated heterocycles. The maximum Gasteiger partial charge on any atom is 0.431 e. The van der Waals surface area contributed by atoms with Gasteiger partial charge in [-0.25, -0.2) is 4.98 Å². The van der Waals surface area contributed by atoms with Crippen LogP contribution in [0.25, 0.3) is 11.3 Å². The van der Waals surface area contributed by atoms with Crippen LogP contribution in [0.3, 0.4) is 0 Å². The second-order valence-electron chi connectivity index (χ2n) is 3.75. The van der Waals surface area contributed by atoms with Crippen LogP contribution < -0.4 is 0 Å². The van der Waals surface area contributed by atoms with Crippen LogP contribution in [0, 0.1) is 11.7 Å². The maximum atomic E-state index is 12.6. The Balaban J connectivity index is 2.63. The number of H-pyrrole nitrogens is 1. The van der Waals surface area contributed by atoms with Crippen LogP contribution in [0.5, 0.6) is 0 Å². The minimum absolute atomic E-state index is 0.164. The predicted octanol–water partition coefficient (Wildman–Crippen LogP) is 2.87. The Morgan fingerprint density at radius 1 is 1.39 bits per heavy atom. The number of nitrogens with one attached hydrogen (secondary N) is 1. The fourth-order valence-electron chi connectivity index (χ4n) is 1.50. The van der Waals surface area contributed by atoms with Crippen molar-refractivity contribution >= 4 is 12.2 Å². The molecule has 8 heteroatoms. The minimum atomic E-state index is -4.48. The fourth-order valence-corrected chi connectivity index (χ4v) is 1.71. The molecule has 0 bridgehead atoms. The molecule has 18 heavy (non-hydrogen) atoms. The molecule has 0 aliphatic rings. The second kappa shape index (κ2) is 4.20. The van der Waals surface area contributed by atoms with Gasteiger partial charge in [-0.15, -0.1) is 0 Å². The molecule has 0 aliphatic carbocycles. The smallest absolute Gasteiger partial charge is 0.327 e. The molecule has 0 fully saturated rings. The molecule has 2 heterocycles. The highest BCUT2D eigenvalue weighted by atomic mass is 32.1. The molecule has 1 N–H and O–H groups in total. The van der Waals surface area contributed by atoms with E-state index in [1.165, 1.54) is 6.20 Å². The zero-order chi connectivity index (χ0) is 13.5. The summed E-state index contributed by atoms with van der Waals surface area (Å²) >= 11 is 4.71. The van der Waals surface area contributed by atoms with Gasteiger partial charge < -0.3 is 4.98 Å². The van der Waals surface area contributed by atoms with E-state index in [9.17, 15) is 13.2 Å². The summed E-state index contributed by atoms with van der Waals surface area (Å²) in [5.41, 5.74) is 0.497. The third kappa shape index (κ3) is 2.28. The van der Waals surface area contributed by atoms with Crippen LogP contribution in [-0.4, -0.2) is 19.7 Å². The number of aromatic amines is 1. The Morgan fingerprint density at radius 2 is 2.06 bits per heavy atom. The maximum absolute atomic E-state index is 12.6. The van der Waals surface area contributed by atoms with E-state index < -0.39 is 11.9 Å². The topological polar surface area (TPSA) is 46.5 Å². The third-order valence-corrected chi connectivity index (χ3v) is 2.75. The second-order valence-corrected chi connectivity index (χ2v) is 4.14. The van der Waals surface area contributed by atoms with E-state index in [4.69, 9.17) is 12.2 Å². The number of hydrogen-bond donors (Lipinski definition) is 1. The number of aromatic nitrogens is 4. The van der Waals surface area contributed by atoms with Gasteiger partial charge >= 0.3 is 6.18 Å². The predicted molar refractivity (Wildman–Crippen MR) is 61.4 cm³/mol. The number of aryl methyl sites for hydroxylation is 1. The van der Waals surface area contributed by atoms with Gasteiger partial charge in [0.05, 0.1) is 11.9 Å². The molecule has 2 aromatic rings. The molecule has 4 nitrogen and oxygen atoms in total. The Hall–Kier alpha value is -1.70. The standard InChI is InChI=1S/C10H9F3N4S/c1-5-6(4-14-17(5)2)7-3-8(10(11,12)13)16-9(18)15-7/h3-4H,1-2H3,(H,15,16,18). The number of hydrogen-bond acceptors (Lipinski definition) is 3. The van der Waals surface area contributed by atoms with Gasteiger partial charge in [0.2, 0.25) is 0 Å². The molecule has 0 saturated carbocycles. The summed E-state index contributed by atoms with van der Waals surface area (Å²) in [6.45, 7) is 1.75. The van der Waals surface area contributed by atoms with Crippen molar-refractivity contribution < 1.29 is 13.2 Å². The number of alkyl halides is 3. The van der Waals surface area contributed by atoms with E-state index in [1.54, 1.807) is 18.7 Å². The molecule has 2 rings (SSSR count). The monoisotopic (exact) mass is 274 g/mol. The summed E-state index contributed by atoms with van der Waals surface area (Å²) in [7, 11) is 1.70. The molecule has 0 amide bonds. The Bertz CT molecular complexity index is 641. The Morgan fingerprint density at radius 3 is 2.56 bits per heavy atom. The van der Waals surface area contributed by atoms with E-state index in [0.717, 1.165) is 11.8 Å². The van der Waals surface area contributed by atoms with E-state index in [-0.39, 0.29) is 10.5 Å². The number of halogens is 3. The first-order valence-corrected chi connectivity index (χ1v) is 5.37. The van der Waals surface area contributed by atoms with Crippen LogP contribution in [0.1, 0.15) is 11.4 Å². The SMILES string of the molecule is Cc1c(-c2cc(C(F)(F)F)[nH]c(=S)n2)cnn1C. The van der Waals surface area contributed by atoms with Crippen molar-refractivity contribution in [3.8, 4) is 11.3 Å². The average molecular weight is 274 g/mol. The van der Waals surface area contributed by atoms with Crippen molar-refractivity contribution in [2.45, 2.75) is 13.1 Å². The van der Waals surface area contributed by atoms with Crippen molar-refractivity contribution in [1.82, 2.24) is 19.7 Å². The van der Waals surface area contributed by atoms with Crippen LogP contribution in [0.4, 0.5) is 13.2 Å². The summed E-state index contributed by atoms with van der Waals surface area (Å²) < 4.78 is 39.3.